The Morgan fingerprint density at radius 1 is 0.964 bits per heavy atom. The molecule has 0 bridgehead atoms. The fourth-order valence-corrected chi connectivity index (χ4v) is 4.48. The zero-order valence-corrected chi connectivity index (χ0v) is 18.1. The first-order valence-electron chi connectivity index (χ1n) is 10.4. The van der Waals surface area contributed by atoms with Crippen molar-refractivity contribution in [1.29, 1.82) is 0 Å². The highest BCUT2D eigenvalue weighted by molar-refractivity contribution is 6.17. The number of hydrogen-bond acceptors (Lipinski definition) is 2. The second kappa shape index (κ2) is 6.34. The molecule has 2 heteroatoms. The molecule has 2 aromatic carbocycles. The quantitative estimate of drug-likeness (QED) is 0.606. The second-order valence-electron chi connectivity index (χ2n) is 9.89. The van der Waals surface area contributed by atoms with E-state index in [1.807, 2.05) is 0 Å². The van der Waals surface area contributed by atoms with E-state index in [-0.39, 0.29) is 16.9 Å². The van der Waals surface area contributed by atoms with Gasteiger partial charge in [-0.1, -0.05) is 64.1 Å². The second-order valence-corrected chi connectivity index (χ2v) is 9.89. The molecule has 0 amide bonds. The van der Waals surface area contributed by atoms with E-state index in [0.29, 0.717) is 0 Å². The maximum atomic E-state index is 4.99. The summed E-state index contributed by atoms with van der Waals surface area (Å²) < 4.78 is 0. The van der Waals surface area contributed by atoms with E-state index in [9.17, 15) is 0 Å². The number of aryl methyl sites for hydroxylation is 1. The third kappa shape index (κ3) is 3.09. The van der Waals surface area contributed by atoms with Gasteiger partial charge in [0.25, 0.3) is 0 Å². The minimum atomic E-state index is 0.111. The Kier molecular flexibility index (Phi) is 4.30. The first-order chi connectivity index (χ1) is 13.1. The minimum absolute atomic E-state index is 0.111. The summed E-state index contributed by atoms with van der Waals surface area (Å²) in [6.07, 6.45) is 2.42. The van der Waals surface area contributed by atoms with Gasteiger partial charge >= 0.3 is 0 Å². The van der Waals surface area contributed by atoms with Crippen LogP contribution < -0.4 is 5.32 Å². The Morgan fingerprint density at radius 3 is 2.14 bits per heavy atom. The van der Waals surface area contributed by atoms with E-state index < -0.39 is 0 Å². The third-order valence-corrected chi connectivity index (χ3v) is 6.70. The van der Waals surface area contributed by atoms with Crippen LogP contribution in [-0.2, 0) is 10.8 Å². The number of rotatable bonds is 1. The van der Waals surface area contributed by atoms with Crippen molar-refractivity contribution in [1.82, 2.24) is 0 Å². The van der Waals surface area contributed by atoms with Crippen LogP contribution in [0.5, 0.6) is 0 Å². The van der Waals surface area contributed by atoms with Crippen LogP contribution in [0.15, 0.2) is 53.7 Å². The van der Waals surface area contributed by atoms with Crippen molar-refractivity contribution in [3.63, 3.8) is 0 Å². The predicted octanol–water partition coefficient (Wildman–Crippen LogP) is 6.51. The summed E-state index contributed by atoms with van der Waals surface area (Å²) >= 11 is 0. The number of benzene rings is 2. The summed E-state index contributed by atoms with van der Waals surface area (Å²) in [4.78, 5) is 4.99. The highest BCUT2D eigenvalue weighted by Gasteiger charge is 2.38. The molecule has 1 heterocycles. The van der Waals surface area contributed by atoms with Gasteiger partial charge in [-0.3, -0.25) is 4.99 Å². The van der Waals surface area contributed by atoms with E-state index in [1.165, 1.54) is 40.8 Å². The van der Waals surface area contributed by atoms with Crippen molar-refractivity contribution in [2.75, 3.05) is 5.32 Å². The van der Waals surface area contributed by atoms with Crippen molar-refractivity contribution in [2.45, 2.75) is 71.3 Å². The molecular formula is C26H32N2. The molecule has 1 aliphatic carbocycles. The van der Waals surface area contributed by atoms with Gasteiger partial charge in [0, 0.05) is 16.8 Å². The Balaban J connectivity index is 1.99. The smallest absolute Gasteiger partial charge is 0.0799 e. The Labute approximate surface area is 169 Å². The first-order valence-corrected chi connectivity index (χ1v) is 10.4. The molecule has 0 fully saturated rings. The standard InChI is InChI=1S/C26H32N2/c1-16-8-10-19(11-9-16)24-20-14-21-22(26(6,7)13-12-25(21,4)5)15-23(20)27-17(2)18(3)28-24/h8-11,14-15,17,27H,3,12-13H2,1-2,4-7H3. The van der Waals surface area contributed by atoms with E-state index in [0.717, 1.165) is 17.0 Å². The molecule has 4 rings (SSSR count). The summed E-state index contributed by atoms with van der Waals surface area (Å²) in [5.41, 5.74) is 9.98. The van der Waals surface area contributed by atoms with Crippen LogP contribution in [0.4, 0.5) is 5.69 Å². The lowest BCUT2D eigenvalue weighted by molar-refractivity contribution is 0.332. The molecule has 1 aliphatic heterocycles. The number of nitrogens with zero attached hydrogens (tertiary/aromatic N) is 1. The van der Waals surface area contributed by atoms with Gasteiger partial charge in [-0.05, 0) is 60.8 Å². The zero-order valence-electron chi connectivity index (χ0n) is 18.1. The van der Waals surface area contributed by atoms with E-state index >= 15 is 0 Å². The van der Waals surface area contributed by atoms with Crippen LogP contribution in [0.25, 0.3) is 0 Å². The van der Waals surface area contributed by atoms with Crippen LogP contribution in [0.3, 0.4) is 0 Å². The molecule has 0 aromatic heterocycles. The van der Waals surface area contributed by atoms with Crippen LogP contribution in [0.1, 0.15) is 75.3 Å². The molecule has 0 saturated carbocycles. The van der Waals surface area contributed by atoms with Crippen molar-refractivity contribution in [3.05, 3.63) is 76.5 Å². The Bertz CT molecular complexity index is 974. The minimum Gasteiger partial charge on any atom is -0.376 e. The van der Waals surface area contributed by atoms with Gasteiger partial charge in [0.1, 0.15) is 0 Å². The van der Waals surface area contributed by atoms with Gasteiger partial charge < -0.3 is 5.32 Å². The van der Waals surface area contributed by atoms with E-state index in [2.05, 4.69) is 89.8 Å². The molecule has 28 heavy (non-hydrogen) atoms. The van der Waals surface area contributed by atoms with E-state index in [1.54, 1.807) is 0 Å². The molecule has 1 N–H and O–H groups in total. The molecule has 0 radical (unpaired) electrons. The fourth-order valence-electron chi connectivity index (χ4n) is 4.48. The van der Waals surface area contributed by atoms with Gasteiger partial charge in [-0.15, -0.1) is 0 Å². The normalized spacial score (nSPS) is 22.4. The molecule has 146 valence electrons. The summed E-state index contributed by atoms with van der Waals surface area (Å²) in [5, 5.41) is 3.68. The lowest BCUT2D eigenvalue weighted by Crippen LogP contribution is -2.34. The van der Waals surface area contributed by atoms with Crippen molar-refractivity contribution in [2.24, 2.45) is 4.99 Å². The van der Waals surface area contributed by atoms with Gasteiger partial charge in [-0.2, -0.15) is 0 Å². The molecular weight excluding hydrogens is 340 g/mol. The largest absolute Gasteiger partial charge is 0.376 e. The van der Waals surface area contributed by atoms with Crippen molar-refractivity contribution < 1.29 is 0 Å². The number of fused-ring (bicyclic) bond motifs is 2. The predicted molar refractivity (Wildman–Crippen MR) is 121 cm³/mol. The van der Waals surface area contributed by atoms with Crippen LogP contribution >= 0.6 is 0 Å². The first kappa shape index (κ1) is 19.0. The Hall–Kier alpha value is -2.35. The summed E-state index contributed by atoms with van der Waals surface area (Å²) in [6.45, 7) is 18.0. The average Bonchev–Trinajstić information content (AvgIpc) is 2.75. The van der Waals surface area contributed by atoms with Gasteiger partial charge in [-0.25, -0.2) is 0 Å². The fraction of sp³-hybridized carbons (Fsp3) is 0.423. The molecule has 2 aromatic rings. The van der Waals surface area contributed by atoms with Crippen LogP contribution in [-0.4, -0.2) is 11.8 Å². The van der Waals surface area contributed by atoms with E-state index in [4.69, 9.17) is 4.99 Å². The zero-order chi connectivity index (χ0) is 20.3. The number of hydrogen-bond donors (Lipinski definition) is 1. The molecule has 0 saturated heterocycles. The van der Waals surface area contributed by atoms with Crippen LogP contribution in [0.2, 0.25) is 0 Å². The number of nitrogens with one attached hydrogen (secondary N) is 1. The molecule has 0 spiro atoms. The number of anilines is 1. The van der Waals surface area contributed by atoms with Crippen molar-refractivity contribution in [3.8, 4) is 0 Å². The average molecular weight is 373 g/mol. The maximum absolute atomic E-state index is 4.99. The molecule has 2 aliphatic rings. The topological polar surface area (TPSA) is 24.4 Å². The molecule has 1 atom stereocenters. The van der Waals surface area contributed by atoms with Crippen molar-refractivity contribution >= 4 is 11.4 Å². The van der Waals surface area contributed by atoms with Gasteiger partial charge in [0.15, 0.2) is 0 Å². The van der Waals surface area contributed by atoms with Gasteiger partial charge in [0.2, 0.25) is 0 Å². The molecule has 1 unspecified atom stereocenters. The third-order valence-electron chi connectivity index (χ3n) is 6.70. The lowest BCUT2D eigenvalue weighted by Gasteiger charge is -2.42. The van der Waals surface area contributed by atoms with Gasteiger partial charge in [0.05, 0.1) is 17.5 Å². The highest BCUT2D eigenvalue weighted by Crippen LogP contribution is 2.48. The molecule has 2 nitrogen and oxygen atoms in total. The summed E-state index contributed by atoms with van der Waals surface area (Å²) in [5.74, 6) is 0. The van der Waals surface area contributed by atoms with Crippen LogP contribution in [0, 0.1) is 6.92 Å². The summed E-state index contributed by atoms with van der Waals surface area (Å²) in [7, 11) is 0. The highest BCUT2D eigenvalue weighted by atomic mass is 15.0. The monoisotopic (exact) mass is 372 g/mol. The Morgan fingerprint density at radius 2 is 1.54 bits per heavy atom. The summed E-state index contributed by atoms with van der Waals surface area (Å²) in [6, 6.07) is 13.6. The lowest BCUT2D eigenvalue weighted by atomic mass is 9.62. The SMILES string of the molecule is C=C1N=C(c2ccc(C)cc2)c2cc3c(cc2NC1C)C(C)(C)CCC3(C)C. The number of aliphatic imine (C=N–C) groups is 1. The maximum Gasteiger partial charge on any atom is 0.0799 e.